The number of anilines is 1. The highest BCUT2D eigenvalue weighted by molar-refractivity contribution is 5.63. The Bertz CT molecular complexity index is 660. The lowest BCUT2D eigenvalue weighted by atomic mass is 10.2. The van der Waals surface area contributed by atoms with Gasteiger partial charge in [0.25, 0.3) is 0 Å². The Labute approximate surface area is 104 Å². The van der Waals surface area contributed by atoms with E-state index in [1.54, 1.807) is 23.1 Å². The number of nitrogens with two attached hydrogens (primary N) is 1. The summed E-state index contributed by atoms with van der Waals surface area (Å²) in [6, 6.07) is 13.5. The molecule has 0 aliphatic rings. The molecule has 0 bridgehead atoms. The molecule has 0 aliphatic carbocycles. The molecule has 1 aromatic carbocycles. The molecule has 0 radical (unpaired) electrons. The molecule has 0 amide bonds. The highest BCUT2D eigenvalue weighted by atomic mass is 15.4. The number of nitrogens with zero attached hydrogens (tertiary/aromatic N) is 4. The average molecular weight is 237 g/mol. The van der Waals surface area contributed by atoms with Gasteiger partial charge in [-0.3, -0.25) is 0 Å². The Kier molecular flexibility index (Phi) is 2.49. The first-order valence-corrected chi connectivity index (χ1v) is 5.52. The van der Waals surface area contributed by atoms with Gasteiger partial charge in [-0.2, -0.15) is 0 Å². The van der Waals surface area contributed by atoms with E-state index in [2.05, 4.69) is 15.3 Å². The van der Waals surface area contributed by atoms with Gasteiger partial charge in [0, 0.05) is 11.8 Å². The van der Waals surface area contributed by atoms with Crippen LogP contribution in [-0.2, 0) is 0 Å². The van der Waals surface area contributed by atoms with Crippen LogP contribution in [-0.4, -0.2) is 20.0 Å². The number of hydrogen-bond acceptors (Lipinski definition) is 4. The van der Waals surface area contributed by atoms with E-state index in [4.69, 9.17) is 5.73 Å². The van der Waals surface area contributed by atoms with Gasteiger partial charge < -0.3 is 5.73 Å². The molecule has 2 N–H and O–H groups in total. The van der Waals surface area contributed by atoms with Gasteiger partial charge in [-0.25, -0.2) is 9.67 Å². The molecule has 0 aliphatic heterocycles. The summed E-state index contributed by atoms with van der Waals surface area (Å²) in [6.45, 7) is 0. The molecule has 0 saturated carbocycles. The standard InChI is InChI=1S/C13H11N5/c14-13-8-10(6-7-15-13)12-9-16-17-18(12)11-4-2-1-3-5-11/h1-9H,(H2,14,15). The van der Waals surface area contributed by atoms with E-state index >= 15 is 0 Å². The number of benzene rings is 1. The topological polar surface area (TPSA) is 69.6 Å². The van der Waals surface area contributed by atoms with Gasteiger partial charge in [0.05, 0.1) is 17.6 Å². The van der Waals surface area contributed by atoms with Gasteiger partial charge in [-0.15, -0.1) is 5.10 Å². The molecule has 5 heteroatoms. The number of nitrogen functional groups attached to an aromatic ring is 1. The minimum atomic E-state index is 0.480. The molecule has 0 atom stereocenters. The summed E-state index contributed by atoms with van der Waals surface area (Å²) < 4.78 is 1.77. The summed E-state index contributed by atoms with van der Waals surface area (Å²) in [5.41, 5.74) is 8.48. The summed E-state index contributed by atoms with van der Waals surface area (Å²) in [6.07, 6.45) is 3.38. The summed E-state index contributed by atoms with van der Waals surface area (Å²) in [5.74, 6) is 0.480. The maximum absolute atomic E-state index is 5.69. The molecule has 18 heavy (non-hydrogen) atoms. The molecule has 3 rings (SSSR count). The summed E-state index contributed by atoms with van der Waals surface area (Å²) >= 11 is 0. The Morgan fingerprint density at radius 2 is 1.89 bits per heavy atom. The van der Waals surface area contributed by atoms with E-state index in [0.29, 0.717) is 5.82 Å². The van der Waals surface area contributed by atoms with E-state index in [9.17, 15) is 0 Å². The Hall–Kier alpha value is -2.69. The van der Waals surface area contributed by atoms with E-state index in [1.807, 2.05) is 36.4 Å². The Balaban J connectivity index is 2.13. The number of para-hydroxylation sites is 1. The SMILES string of the molecule is Nc1cc(-c2cnnn2-c2ccccc2)ccn1. The van der Waals surface area contributed by atoms with Crippen LogP contribution in [0.1, 0.15) is 0 Å². The lowest BCUT2D eigenvalue weighted by Crippen LogP contribution is -1.99. The fraction of sp³-hybridized carbons (Fsp3) is 0. The third kappa shape index (κ3) is 1.82. The van der Waals surface area contributed by atoms with Crippen LogP contribution < -0.4 is 5.73 Å². The van der Waals surface area contributed by atoms with Crippen LogP contribution in [0.25, 0.3) is 16.9 Å². The molecule has 0 fully saturated rings. The first kappa shape index (κ1) is 10.5. The normalized spacial score (nSPS) is 10.4. The first-order chi connectivity index (χ1) is 8.84. The van der Waals surface area contributed by atoms with Crippen molar-refractivity contribution in [2.75, 3.05) is 5.73 Å². The van der Waals surface area contributed by atoms with Gasteiger partial charge in [0.1, 0.15) is 5.82 Å². The number of rotatable bonds is 2. The van der Waals surface area contributed by atoms with Crippen molar-refractivity contribution in [3.05, 3.63) is 54.9 Å². The number of hydrogen-bond donors (Lipinski definition) is 1. The summed E-state index contributed by atoms with van der Waals surface area (Å²) in [4.78, 5) is 3.98. The van der Waals surface area contributed by atoms with E-state index in [0.717, 1.165) is 16.9 Å². The monoisotopic (exact) mass is 237 g/mol. The van der Waals surface area contributed by atoms with Gasteiger partial charge in [0.15, 0.2) is 0 Å². The zero-order valence-corrected chi connectivity index (χ0v) is 9.56. The quantitative estimate of drug-likeness (QED) is 0.739. The second kappa shape index (κ2) is 4.29. The van der Waals surface area contributed by atoms with E-state index in [-0.39, 0.29) is 0 Å². The highest BCUT2D eigenvalue weighted by Crippen LogP contribution is 2.21. The fourth-order valence-electron chi connectivity index (χ4n) is 1.80. The molecule has 88 valence electrons. The number of pyridine rings is 1. The van der Waals surface area contributed by atoms with Crippen molar-refractivity contribution in [2.45, 2.75) is 0 Å². The first-order valence-electron chi connectivity index (χ1n) is 5.52. The van der Waals surface area contributed by atoms with E-state index < -0.39 is 0 Å². The van der Waals surface area contributed by atoms with Gasteiger partial charge in [-0.05, 0) is 24.3 Å². The molecular weight excluding hydrogens is 226 g/mol. The van der Waals surface area contributed by atoms with Crippen molar-refractivity contribution in [3.8, 4) is 16.9 Å². The van der Waals surface area contributed by atoms with Crippen LogP contribution in [0.5, 0.6) is 0 Å². The molecule has 0 unspecified atom stereocenters. The Morgan fingerprint density at radius 3 is 2.67 bits per heavy atom. The minimum absolute atomic E-state index is 0.480. The lowest BCUT2D eigenvalue weighted by Gasteiger charge is -2.06. The van der Waals surface area contributed by atoms with Crippen LogP contribution in [0, 0.1) is 0 Å². The highest BCUT2D eigenvalue weighted by Gasteiger charge is 2.08. The van der Waals surface area contributed by atoms with Crippen LogP contribution >= 0.6 is 0 Å². The number of aromatic nitrogens is 4. The predicted octanol–water partition coefficient (Wildman–Crippen LogP) is 1.91. The molecule has 5 nitrogen and oxygen atoms in total. The molecule has 2 aromatic heterocycles. The van der Waals surface area contributed by atoms with Crippen LogP contribution in [0.2, 0.25) is 0 Å². The van der Waals surface area contributed by atoms with Crippen molar-refractivity contribution in [2.24, 2.45) is 0 Å². The fourth-order valence-corrected chi connectivity index (χ4v) is 1.80. The Morgan fingerprint density at radius 1 is 1.06 bits per heavy atom. The van der Waals surface area contributed by atoms with Crippen molar-refractivity contribution in [3.63, 3.8) is 0 Å². The maximum Gasteiger partial charge on any atom is 0.123 e. The van der Waals surface area contributed by atoms with Gasteiger partial charge in [-0.1, -0.05) is 23.4 Å². The predicted molar refractivity (Wildman–Crippen MR) is 69.0 cm³/mol. The zero-order valence-electron chi connectivity index (χ0n) is 9.56. The van der Waals surface area contributed by atoms with E-state index in [1.165, 1.54) is 0 Å². The second-order valence-corrected chi connectivity index (χ2v) is 3.84. The lowest BCUT2D eigenvalue weighted by molar-refractivity contribution is 0.808. The second-order valence-electron chi connectivity index (χ2n) is 3.84. The van der Waals surface area contributed by atoms with Crippen molar-refractivity contribution in [1.82, 2.24) is 20.0 Å². The van der Waals surface area contributed by atoms with Gasteiger partial charge >= 0.3 is 0 Å². The molecule has 2 heterocycles. The van der Waals surface area contributed by atoms with Crippen molar-refractivity contribution in [1.29, 1.82) is 0 Å². The third-order valence-corrected chi connectivity index (χ3v) is 2.63. The average Bonchev–Trinajstić information content (AvgIpc) is 2.89. The van der Waals surface area contributed by atoms with Crippen LogP contribution in [0.15, 0.2) is 54.9 Å². The van der Waals surface area contributed by atoms with Crippen LogP contribution in [0.4, 0.5) is 5.82 Å². The molecule has 0 saturated heterocycles. The zero-order chi connectivity index (χ0) is 12.4. The molecule has 3 aromatic rings. The minimum Gasteiger partial charge on any atom is -0.384 e. The smallest absolute Gasteiger partial charge is 0.123 e. The summed E-state index contributed by atoms with van der Waals surface area (Å²) in [5, 5.41) is 8.05. The summed E-state index contributed by atoms with van der Waals surface area (Å²) in [7, 11) is 0. The molecular formula is C13H11N5. The molecule has 0 spiro atoms. The van der Waals surface area contributed by atoms with Gasteiger partial charge in [0.2, 0.25) is 0 Å². The maximum atomic E-state index is 5.69. The van der Waals surface area contributed by atoms with Crippen molar-refractivity contribution >= 4 is 5.82 Å². The van der Waals surface area contributed by atoms with Crippen molar-refractivity contribution < 1.29 is 0 Å². The van der Waals surface area contributed by atoms with Crippen LogP contribution in [0.3, 0.4) is 0 Å². The third-order valence-electron chi connectivity index (χ3n) is 2.63. The largest absolute Gasteiger partial charge is 0.384 e.